The molecule has 0 aliphatic heterocycles. The van der Waals surface area contributed by atoms with Gasteiger partial charge < -0.3 is 4.74 Å². The van der Waals surface area contributed by atoms with Crippen molar-refractivity contribution < 1.29 is 4.74 Å². The number of rotatable bonds is 6. The lowest BCUT2D eigenvalue weighted by Gasteiger charge is -2.24. The van der Waals surface area contributed by atoms with E-state index in [4.69, 9.17) is 10.00 Å². The molecule has 0 saturated carbocycles. The Bertz CT molecular complexity index is 423. The van der Waals surface area contributed by atoms with Crippen molar-refractivity contribution in [2.75, 3.05) is 14.2 Å². The summed E-state index contributed by atoms with van der Waals surface area (Å²) in [6.07, 6.45) is 2.38. The van der Waals surface area contributed by atoms with Crippen molar-refractivity contribution in [3.8, 4) is 11.8 Å². The maximum Gasteiger partial charge on any atom is 0.136 e. The highest BCUT2D eigenvalue weighted by Crippen LogP contribution is 2.20. The second-order valence-electron chi connectivity index (χ2n) is 4.70. The van der Waals surface area contributed by atoms with Gasteiger partial charge in [0.2, 0.25) is 0 Å². The molecule has 0 spiro atoms. The van der Waals surface area contributed by atoms with Crippen LogP contribution in [0.3, 0.4) is 0 Å². The summed E-state index contributed by atoms with van der Waals surface area (Å²) in [5.41, 5.74) is 1.75. The molecule has 1 rings (SSSR count). The number of benzene rings is 1. The summed E-state index contributed by atoms with van der Waals surface area (Å²) in [5, 5.41) is 9.06. The topological polar surface area (TPSA) is 36.3 Å². The van der Waals surface area contributed by atoms with Gasteiger partial charge in [-0.2, -0.15) is 5.26 Å². The molecular formula is C15H22N2O. The molecule has 3 heteroatoms. The first-order chi connectivity index (χ1) is 8.62. The van der Waals surface area contributed by atoms with E-state index in [9.17, 15) is 0 Å². The standard InChI is InChI=1S/C15H22N2O/c1-5-6-12(2)17(3)11-13-7-8-15(18-4)14(9-13)10-16/h7-9,12H,5-6,11H2,1-4H3. The first kappa shape index (κ1) is 14.5. The van der Waals surface area contributed by atoms with E-state index in [0.29, 0.717) is 17.4 Å². The fourth-order valence-corrected chi connectivity index (χ4v) is 2.02. The molecule has 0 radical (unpaired) electrons. The van der Waals surface area contributed by atoms with Crippen molar-refractivity contribution in [1.82, 2.24) is 4.90 Å². The van der Waals surface area contributed by atoms with Crippen molar-refractivity contribution in [2.45, 2.75) is 39.3 Å². The highest BCUT2D eigenvalue weighted by molar-refractivity contribution is 5.45. The summed E-state index contributed by atoms with van der Waals surface area (Å²) in [5.74, 6) is 0.644. The fourth-order valence-electron chi connectivity index (χ4n) is 2.02. The van der Waals surface area contributed by atoms with Gasteiger partial charge in [0, 0.05) is 12.6 Å². The zero-order valence-electron chi connectivity index (χ0n) is 11.7. The lowest BCUT2D eigenvalue weighted by atomic mass is 10.1. The smallest absolute Gasteiger partial charge is 0.136 e. The lowest BCUT2D eigenvalue weighted by Crippen LogP contribution is -2.28. The van der Waals surface area contributed by atoms with Crippen molar-refractivity contribution in [2.24, 2.45) is 0 Å². The van der Waals surface area contributed by atoms with Crippen LogP contribution in [0.25, 0.3) is 0 Å². The number of nitrogens with zero attached hydrogens (tertiary/aromatic N) is 2. The summed E-state index contributed by atoms with van der Waals surface area (Å²) in [4.78, 5) is 2.31. The summed E-state index contributed by atoms with van der Waals surface area (Å²) in [6.45, 7) is 5.30. The van der Waals surface area contributed by atoms with Gasteiger partial charge in [-0.15, -0.1) is 0 Å². The molecule has 0 aromatic heterocycles. The Morgan fingerprint density at radius 2 is 2.17 bits per heavy atom. The van der Waals surface area contributed by atoms with Crippen LogP contribution in [-0.4, -0.2) is 25.1 Å². The Morgan fingerprint density at radius 1 is 1.44 bits per heavy atom. The van der Waals surface area contributed by atoms with Crippen LogP contribution in [0.5, 0.6) is 5.75 Å². The molecule has 1 aromatic rings. The molecule has 0 fully saturated rings. The van der Waals surface area contributed by atoms with Gasteiger partial charge in [-0.3, -0.25) is 4.90 Å². The molecule has 1 aromatic carbocycles. The summed E-state index contributed by atoms with van der Waals surface area (Å²) >= 11 is 0. The van der Waals surface area contributed by atoms with Crippen LogP contribution in [0.15, 0.2) is 18.2 Å². The number of hydrogen-bond acceptors (Lipinski definition) is 3. The van der Waals surface area contributed by atoms with Crippen LogP contribution >= 0.6 is 0 Å². The molecule has 0 N–H and O–H groups in total. The average Bonchev–Trinajstić information content (AvgIpc) is 2.38. The second kappa shape index (κ2) is 7.03. The highest BCUT2D eigenvalue weighted by Gasteiger charge is 2.10. The van der Waals surface area contributed by atoms with Gasteiger partial charge in [-0.1, -0.05) is 19.4 Å². The minimum Gasteiger partial charge on any atom is -0.495 e. The molecule has 1 unspecified atom stereocenters. The van der Waals surface area contributed by atoms with Crippen LogP contribution < -0.4 is 4.74 Å². The molecule has 3 nitrogen and oxygen atoms in total. The van der Waals surface area contributed by atoms with E-state index in [-0.39, 0.29) is 0 Å². The van der Waals surface area contributed by atoms with Crippen LogP contribution in [0.4, 0.5) is 0 Å². The molecule has 0 bridgehead atoms. The predicted octanol–water partition coefficient (Wildman–Crippen LogP) is 3.19. The third-order valence-corrected chi connectivity index (χ3v) is 3.28. The molecule has 0 heterocycles. The number of hydrogen-bond donors (Lipinski definition) is 0. The molecule has 98 valence electrons. The minimum absolute atomic E-state index is 0.558. The second-order valence-corrected chi connectivity index (χ2v) is 4.70. The van der Waals surface area contributed by atoms with Gasteiger partial charge >= 0.3 is 0 Å². The van der Waals surface area contributed by atoms with E-state index >= 15 is 0 Å². The van der Waals surface area contributed by atoms with Gasteiger partial charge in [0.1, 0.15) is 11.8 Å². The van der Waals surface area contributed by atoms with Crippen LogP contribution in [0.1, 0.15) is 37.8 Å². The Kier molecular flexibility index (Phi) is 5.67. The third kappa shape index (κ3) is 3.75. The fraction of sp³-hybridized carbons (Fsp3) is 0.533. The molecule has 0 aliphatic rings. The SMILES string of the molecule is CCCC(C)N(C)Cc1ccc(OC)c(C#N)c1. The Balaban J connectivity index is 2.77. The lowest BCUT2D eigenvalue weighted by molar-refractivity contribution is 0.237. The predicted molar refractivity (Wildman–Crippen MR) is 73.5 cm³/mol. The number of methoxy groups -OCH3 is 1. The largest absolute Gasteiger partial charge is 0.495 e. The van der Waals surface area contributed by atoms with Gasteiger partial charge in [-0.25, -0.2) is 0 Å². The monoisotopic (exact) mass is 246 g/mol. The third-order valence-electron chi connectivity index (χ3n) is 3.28. The van der Waals surface area contributed by atoms with Crippen molar-refractivity contribution in [3.05, 3.63) is 29.3 Å². The van der Waals surface area contributed by atoms with Crippen LogP contribution in [0, 0.1) is 11.3 Å². The van der Waals surface area contributed by atoms with Gasteiger partial charge in [0.15, 0.2) is 0 Å². The zero-order valence-corrected chi connectivity index (χ0v) is 11.7. The van der Waals surface area contributed by atoms with Gasteiger partial charge in [0.05, 0.1) is 12.7 Å². The minimum atomic E-state index is 0.558. The normalized spacial score (nSPS) is 12.2. The maximum atomic E-state index is 9.06. The molecule has 0 saturated heterocycles. The Labute approximate surface area is 110 Å². The Morgan fingerprint density at radius 3 is 2.72 bits per heavy atom. The summed E-state index contributed by atoms with van der Waals surface area (Å²) in [6, 6.07) is 8.53. The molecule has 18 heavy (non-hydrogen) atoms. The molecule has 0 aliphatic carbocycles. The van der Waals surface area contributed by atoms with E-state index in [2.05, 4.69) is 31.9 Å². The van der Waals surface area contributed by atoms with Gasteiger partial charge in [-0.05, 0) is 38.1 Å². The molecular weight excluding hydrogens is 224 g/mol. The van der Waals surface area contributed by atoms with E-state index in [1.165, 1.54) is 12.8 Å². The Hall–Kier alpha value is -1.53. The van der Waals surface area contributed by atoms with Crippen LogP contribution in [0.2, 0.25) is 0 Å². The number of nitriles is 1. The van der Waals surface area contributed by atoms with Crippen molar-refractivity contribution in [1.29, 1.82) is 5.26 Å². The maximum absolute atomic E-state index is 9.06. The molecule has 1 atom stereocenters. The first-order valence-corrected chi connectivity index (χ1v) is 6.39. The van der Waals surface area contributed by atoms with E-state index in [1.807, 2.05) is 18.2 Å². The zero-order chi connectivity index (χ0) is 13.5. The van der Waals surface area contributed by atoms with E-state index in [0.717, 1.165) is 12.1 Å². The van der Waals surface area contributed by atoms with Crippen LogP contribution in [-0.2, 0) is 6.54 Å². The average molecular weight is 246 g/mol. The van der Waals surface area contributed by atoms with Crippen molar-refractivity contribution >= 4 is 0 Å². The number of ether oxygens (including phenoxy) is 1. The first-order valence-electron chi connectivity index (χ1n) is 6.39. The summed E-state index contributed by atoms with van der Waals surface area (Å²) in [7, 11) is 3.71. The summed E-state index contributed by atoms with van der Waals surface area (Å²) < 4.78 is 5.15. The quantitative estimate of drug-likeness (QED) is 0.773. The van der Waals surface area contributed by atoms with E-state index in [1.54, 1.807) is 7.11 Å². The molecule has 0 amide bonds. The highest BCUT2D eigenvalue weighted by atomic mass is 16.5. The van der Waals surface area contributed by atoms with Crippen molar-refractivity contribution in [3.63, 3.8) is 0 Å². The van der Waals surface area contributed by atoms with E-state index < -0.39 is 0 Å². The van der Waals surface area contributed by atoms with Gasteiger partial charge in [0.25, 0.3) is 0 Å².